The Labute approximate surface area is 82.5 Å². The lowest BCUT2D eigenvalue weighted by Gasteiger charge is -2.15. The van der Waals surface area contributed by atoms with Gasteiger partial charge in [0.2, 0.25) is 0 Å². The monoisotopic (exact) mass is 190 g/mol. The van der Waals surface area contributed by atoms with Crippen molar-refractivity contribution in [3.8, 4) is 0 Å². The van der Waals surface area contributed by atoms with Crippen molar-refractivity contribution in [3.05, 3.63) is 29.3 Å². The lowest BCUT2D eigenvalue weighted by atomic mass is 9.77. The van der Waals surface area contributed by atoms with Crippen LogP contribution in [0.15, 0.2) is 18.2 Å². The summed E-state index contributed by atoms with van der Waals surface area (Å²) in [5, 5.41) is 17.9. The van der Waals surface area contributed by atoms with Crippen LogP contribution in [-0.2, 0) is 6.42 Å². The van der Waals surface area contributed by atoms with Gasteiger partial charge in [-0.25, -0.2) is 0 Å². The number of fused-ring (bicyclic) bond motifs is 1. The van der Waals surface area contributed by atoms with E-state index in [1.807, 2.05) is 0 Å². The van der Waals surface area contributed by atoms with E-state index < -0.39 is 7.12 Å². The molecule has 0 radical (unpaired) electrons. The van der Waals surface area contributed by atoms with Crippen LogP contribution in [0.2, 0.25) is 0 Å². The summed E-state index contributed by atoms with van der Waals surface area (Å²) in [6.07, 6.45) is 2.31. The minimum atomic E-state index is -1.45. The maximum Gasteiger partial charge on any atom is 0.488 e. The first kappa shape index (κ1) is 9.43. The summed E-state index contributed by atoms with van der Waals surface area (Å²) in [5.74, 6) is 0.158. The minimum absolute atomic E-state index is 0.158. The van der Waals surface area contributed by atoms with Gasteiger partial charge in [-0.1, -0.05) is 18.2 Å². The van der Waals surface area contributed by atoms with Crippen LogP contribution >= 0.6 is 0 Å². The molecule has 0 fully saturated rings. The van der Waals surface area contributed by atoms with E-state index in [0.717, 1.165) is 24.0 Å². The van der Waals surface area contributed by atoms with Crippen LogP contribution in [0.4, 0.5) is 0 Å². The van der Waals surface area contributed by atoms with Crippen LogP contribution < -0.4 is 5.46 Å². The number of carbonyl (C=O) groups excluding carboxylic acids is 1. The van der Waals surface area contributed by atoms with Gasteiger partial charge >= 0.3 is 7.12 Å². The molecule has 0 amide bonds. The van der Waals surface area contributed by atoms with E-state index in [0.29, 0.717) is 11.9 Å². The smallest absolute Gasteiger partial charge is 0.423 e. The molecule has 0 aromatic heterocycles. The highest BCUT2D eigenvalue weighted by atomic mass is 16.4. The Morgan fingerprint density at radius 2 is 2.00 bits per heavy atom. The van der Waals surface area contributed by atoms with Crippen molar-refractivity contribution in [2.45, 2.75) is 19.3 Å². The molecule has 0 saturated heterocycles. The normalized spacial score (nSPS) is 15.1. The van der Waals surface area contributed by atoms with Gasteiger partial charge in [-0.05, 0) is 23.9 Å². The van der Waals surface area contributed by atoms with Crippen molar-refractivity contribution >= 4 is 18.4 Å². The third-order valence-corrected chi connectivity index (χ3v) is 2.58. The van der Waals surface area contributed by atoms with Crippen molar-refractivity contribution in [1.29, 1.82) is 0 Å². The number of aryl methyl sites for hydroxylation is 1. The summed E-state index contributed by atoms with van der Waals surface area (Å²) in [7, 11) is -1.45. The van der Waals surface area contributed by atoms with E-state index in [9.17, 15) is 4.79 Å². The molecular weight excluding hydrogens is 179 g/mol. The first-order chi connectivity index (χ1) is 6.68. The fourth-order valence-corrected chi connectivity index (χ4v) is 1.83. The number of rotatable bonds is 1. The van der Waals surface area contributed by atoms with Gasteiger partial charge in [0.05, 0.1) is 0 Å². The molecule has 2 rings (SSSR count). The van der Waals surface area contributed by atoms with Crippen LogP contribution in [0, 0.1) is 0 Å². The molecule has 0 heterocycles. The second-order valence-corrected chi connectivity index (χ2v) is 3.57. The molecule has 1 aromatic carbocycles. The average molecular weight is 190 g/mol. The van der Waals surface area contributed by atoms with Gasteiger partial charge in [-0.3, -0.25) is 4.79 Å². The molecule has 0 atom stereocenters. The maximum atomic E-state index is 11.4. The predicted octanol–water partition coefficient (Wildman–Crippen LogP) is -0.115. The molecule has 3 nitrogen and oxygen atoms in total. The van der Waals surface area contributed by atoms with E-state index in [4.69, 9.17) is 10.0 Å². The molecule has 0 bridgehead atoms. The zero-order valence-electron chi connectivity index (χ0n) is 7.73. The summed E-state index contributed by atoms with van der Waals surface area (Å²) in [6.45, 7) is 0. The van der Waals surface area contributed by atoms with E-state index >= 15 is 0 Å². The number of carbonyl (C=O) groups is 1. The van der Waals surface area contributed by atoms with Gasteiger partial charge in [0.1, 0.15) is 0 Å². The summed E-state index contributed by atoms with van der Waals surface area (Å²) >= 11 is 0. The van der Waals surface area contributed by atoms with Crippen molar-refractivity contribution in [1.82, 2.24) is 0 Å². The van der Waals surface area contributed by atoms with Crippen molar-refractivity contribution in [3.63, 3.8) is 0 Å². The molecule has 1 aromatic rings. The molecule has 0 unspecified atom stereocenters. The van der Waals surface area contributed by atoms with E-state index in [2.05, 4.69) is 0 Å². The quantitative estimate of drug-likeness (QED) is 0.607. The highest BCUT2D eigenvalue weighted by Gasteiger charge is 2.19. The Balaban J connectivity index is 2.44. The first-order valence-corrected chi connectivity index (χ1v) is 4.70. The number of ketones is 1. The fourth-order valence-electron chi connectivity index (χ4n) is 1.83. The highest BCUT2D eigenvalue weighted by Crippen LogP contribution is 2.19. The Bertz CT molecular complexity index is 374. The first-order valence-electron chi connectivity index (χ1n) is 4.70. The third-order valence-electron chi connectivity index (χ3n) is 2.58. The molecule has 1 aliphatic carbocycles. The molecule has 2 N–H and O–H groups in total. The second kappa shape index (κ2) is 3.56. The van der Waals surface area contributed by atoms with Gasteiger partial charge in [0.25, 0.3) is 0 Å². The van der Waals surface area contributed by atoms with Crippen LogP contribution in [-0.4, -0.2) is 22.9 Å². The van der Waals surface area contributed by atoms with Gasteiger partial charge < -0.3 is 10.0 Å². The van der Waals surface area contributed by atoms with E-state index in [1.54, 1.807) is 18.2 Å². The zero-order chi connectivity index (χ0) is 10.1. The minimum Gasteiger partial charge on any atom is -0.423 e. The molecule has 1 aliphatic rings. The third kappa shape index (κ3) is 1.58. The SMILES string of the molecule is O=C1CCCc2cc(B(O)O)ccc21. The van der Waals surface area contributed by atoms with E-state index in [1.165, 1.54) is 0 Å². The van der Waals surface area contributed by atoms with E-state index in [-0.39, 0.29) is 5.78 Å². The Kier molecular flexibility index (Phi) is 2.39. The molecule has 4 heteroatoms. The zero-order valence-corrected chi connectivity index (χ0v) is 7.73. The fraction of sp³-hybridized carbons (Fsp3) is 0.300. The Morgan fingerprint density at radius 1 is 1.21 bits per heavy atom. The molecule has 14 heavy (non-hydrogen) atoms. The van der Waals surface area contributed by atoms with Crippen LogP contribution in [0.5, 0.6) is 0 Å². The number of hydrogen-bond acceptors (Lipinski definition) is 3. The summed E-state index contributed by atoms with van der Waals surface area (Å²) in [6, 6.07) is 4.98. The lowest BCUT2D eigenvalue weighted by Crippen LogP contribution is -2.31. The predicted molar refractivity (Wildman–Crippen MR) is 53.5 cm³/mol. The standard InChI is InChI=1S/C10H11BO3/c12-10-3-1-2-7-6-8(11(13)14)4-5-9(7)10/h4-6,13-14H,1-3H2. The Morgan fingerprint density at radius 3 is 2.71 bits per heavy atom. The van der Waals surface area contributed by atoms with Gasteiger partial charge in [-0.2, -0.15) is 0 Å². The van der Waals surface area contributed by atoms with Gasteiger partial charge in [0, 0.05) is 12.0 Å². The second-order valence-electron chi connectivity index (χ2n) is 3.57. The number of benzene rings is 1. The van der Waals surface area contributed by atoms with Crippen molar-refractivity contribution in [2.24, 2.45) is 0 Å². The summed E-state index contributed by atoms with van der Waals surface area (Å²) in [5.41, 5.74) is 2.13. The molecular formula is C10H11BO3. The van der Waals surface area contributed by atoms with Crippen molar-refractivity contribution in [2.75, 3.05) is 0 Å². The topological polar surface area (TPSA) is 57.5 Å². The molecule has 0 aliphatic heterocycles. The van der Waals surface area contributed by atoms with Crippen LogP contribution in [0.25, 0.3) is 0 Å². The maximum absolute atomic E-state index is 11.4. The van der Waals surface area contributed by atoms with Gasteiger partial charge in [0.15, 0.2) is 5.78 Å². The number of Topliss-reactive ketones (excluding diaryl/α,β-unsaturated/α-hetero) is 1. The summed E-state index contributed by atoms with van der Waals surface area (Å²) in [4.78, 5) is 11.4. The van der Waals surface area contributed by atoms with Gasteiger partial charge in [-0.15, -0.1) is 0 Å². The molecule has 72 valence electrons. The highest BCUT2D eigenvalue weighted by molar-refractivity contribution is 6.58. The number of hydrogen-bond donors (Lipinski definition) is 2. The lowest BCUT2D eigenvalue weighted by molar-refractivity contribution is 0.0972. The molecule has 0 spiro atoms. The Hall–Kier alpha value is -1.13. The molecule has 0 saturated carbocycles. The average Bonchev–Trinajstić information content (AvgIpc) is 2.17. The van der Waals surface area contributed by atoms with Crippen molar-refractivity contribution < 1.29 is 14.8 Å². The van der Waals surface area contributed by atoms with Crippen LogP contribution in [0.3, 0.4) is 0 Å². The summed E-state index contributed by atoms with van der Waals surface area (Å²) < 4.78 is 0. The van der Waals surface area contributed by atoms with Crippen LogP contribution in [0.1, 0.15) is 28.8 Å². The largest absolute Gasteiger partial charge is 0.488 e.